The maximum atomic E-state index is 12.2. The molecule has 0 aliphatic rings. The quantitative estimate of drug-likeness (QED) is 0.830. The molecular formula is C15H23BrN2O2. The van der Waals surface area contributed by atoms with Crippen molar-refractivity contribution in [1.82, 2.24) is 5.32 Å². The first kappa shape index (κ1) is 16.8. The van der Waals surface area contributed by atoms with Crippen LogP contribution in [0.25, 0.3) is 0 Å². The van der Waals surface area contributed by atoms with Crippen LogP contribution in [0.2, 0.25) is 0 Å². The standard InChI is InChI=1S/C15H23BrN2O2/c1-6-15(3,4)18-14(19)10(2)17-12-9-11(16)7-8-13(12)20-5/h7-10,17H,6H2,1-5H3,(H,18,19). The largest absolute Gasteiger partial charge is 0.495 e. The van der Waals surface area contributed by atoms with Gasteiger partial charge < -0.3 is 15.4 Å². The Morgan fingerprint density at radius 2 is 2.10 bits per heavy atom. The second-order valence-electron chi connectivity index (χ2n) is 5.44. The Hall–Kier alpha value is -1.23. The Kier molecular flexibility index (Phi) is 5.87. The van der Waals surface area contributed by atoms with Crippen LogP contribution in [0, 0.1) is 0 Å². The Balaban J connectivity index is 2.78. The average Bonchev–Trinajstić information content (AvgIpc) is 2.38. The van der Waals surface area contributed by atoms with Gasteiger partial charge in [0.25, 0.3) is 0 Å². The molecule has 1 amide bonds. The predicted octanol–water partition coefficient (Wildman–Crippen LogP) is 3.56. The molecule has 20 heavy (non-hydrogen) atoms. The summed E-state index contributed by atoms with van der Waals surface area (Å²) in [5.74, 6) is 0.682. The van der Waals surface area contributed by atoms with Crippen LogP contribution in [0.4, 0.5) is 5.69 Å². The first-order valence-corrected chi connectivity index (χ1v) is 7.50. The van der Waals surface area contributed by atoms with Crippen LogP contribution >= 0.6 is 15.9 Å². The summed E-state index contributed by atoms with van der Waals surface area (Å²) in [6, 6.07) is 5.30. The van der Waals surface area contributed by atoms with Crippen LogP contribution in [0.3, 0.4) is 0 Å². The Morgan fingerprint density at radius 1 is 1.45 bits per heavy atom. The molecule has 4 nitrogen and oxygen atoms in total. The SMILES string of the molecule is CCC(C)(C)NC(=O)C(C)Nc1cc(Br)ccc1OC. The minimum absolute atomic E-state index is 0.0288. The number of hydrogen-bond acceptors (Lipinski definition) is 3. The van der Waals surface area contributed by atoms with E-state index in [0.29, 0.717) is 5.75 Å². The molecule has 5 heteroatoms. The molecule has 0 fully saturated rings. The number of nitrogens with one attached hydrogen (secondary N) is 2. The van der Waals surface area contributed by atoms with Crippen molar-refractivity contribution in [2.45, 2.75) is 45.7 Å². The summed E-state index contributed by atoms with van der Waals surface area (Å²) in [5.41, 5.74) is 0.591. The van der Waals surface area contributed by atoms with E-state index in [1.54, 1.807) is 7.11 Å². The van der Waals surface area contributed by atoms with E-state index in [-0.39, 0.29) is 17.5 Å². The molecule has 0 aliphatic carbocycles. The van der Waals surface area contributed by atoms with Gasteiger partial charge in [-0.2, -0.15) is 0 Å². The van der Waals surface area contributed by atoms with Gasteiger partial charge in [0.1, 0.15) is 11.8 Å². The lowest BCUT2D eigenvalue weighted by Crippen LogP contribution is -2.48. The van der Waals surface area contributed by atoms with Gasteiger partial charge in [-0.1, -0.05) is 22.9 Å². The summed E-state index contributed by atoms with van der Waals surface area (Å²) in [4.78, 5) is 12.2. The molecule has 0 aromatic heterocycles. The molecular weight excluding hydrogens is 320 g/mol. The fourth-order valence-electron chi connectivity index (χ4n) is 1.62. The number of carbonyl (C=O) groups is 1. The molecule has 0 saturated carbocycles. The van der Waals surface area contributed by atoms with Gasteiger partial charge >= 0.3 is 0 Å². The molecule has 112 valence electrons. The summed E-state index contributed by atoms with van der Waals surface area (Å²) < 4.78 is 6.22. The van der Waals surface area contributed by atoms with Crippen molar-refractivity contribution >= 4 is 27.5 Å². The van der Waals surface area contributed by atoms with Crippen LogP contribution < -0.4 is 15.4 Å². The summed E-state index contributed by atoms with van der Waals surface area (Å²) in [7, 11) is 1.61. The first-order valence-electron chi connectivity index (χ1n) is 6.71. The minimum Gasteiger partial charge on any atom is -0.495 e. The van der Waals surface area contributed by atoms with E-state index in [1.807, 2.05) is 39.0 Å². The summed E-state index contributed by atoms with van der Waals surface area (Å²) in [6.45, 7) is 7.91. The number of halogens is 1. The monoisotopic (exact) mass is 342 g/mol. The van der Waals surface area contributed by atoms with Crippen molar-refractivity contribution in [2.24, 2.45) is 0 Å². The van der Waals surface area contributed by atoms with Crippen molar-refractivity contribution < 1.29 is 9.53 Å². The van der Waals surface area contributed by atoms with E-state index in [9.17, 15) is 4.79 Å². The zero-order chi connectivity index (χ0) is 15.3. The number of amides is 1. The van der Waals surface area contributed by atoms with Crippen molar-refractivity contribution in [2.75, 3.05) is 12.4 Å². The van der Waals surface area contributed by atoms with E-state index in [0.717, 1.165) is 16.6 Å². The van der Waals surface area contributed by atoms with Crippen LogP contribution in [0.1, 0.15) is 34.1 Å². The lowest BCUT2D eigenvalue weighted by Gasteiger charge is -2.27. The molecule has 1 rings (SSSR count). The van der Waals surface area contributed by atoms with Gasteiger partial charge in [0.15, 0.2) is 0 Å². The van der Waals surface area contributed by atoms with E-state index >= 15 is 0 Å². The lowest BCUT2D eigenvalue weighted by molar-refractivity contribution is -0.123. The minimum atomic E-state index is -0.343. The third kappa shape index (κ3) is 4.71. The summed E-state index contributed by atoms with van der Waals surface area (Å²) >= 11 is 3.42. The second-order valence-corrected chi connectivity index (χ2v) is 6.35. The zero-order valence-electron chi connectivity index (χ0n) is 12.7. The van der Waals surface area contributed by atoms with Crippen LogP contribution in [0.15, 0.2) is 22.7 Å². The Morgan fingerprint density at radius 3 is 2.65 bits per heavy atom. The summed E-state index contributed by atoms with van der Waals surface area (Å²) in [6.07, 6.45) is 0.881. The van der Waals surface area contributed by atoms with Gasteiger partial charge in [0.05, 0.1) is 12.8 Å². The van der Waals surface area contributed by atoms with Gasteiger partial charge in [0.2, 0.25) is 5.91 Å². The number of methoxy groups -OCH3 is 1. The molecule has 1 aromatic carbocycles. The van der Waals surface area contributed by atoms with Crippen LogP contribution in [-0.2, 0) is 4.79 Å². The van der Waals surface area contributed by atoms with Gasteiger partial charge in [-0.15, -0.1) is 0 Å². The van der Waals surface area contributed by atoms with Crippen LogP contribution in [0.5, 0.6) is 5.75 Å². The summed E-state index contributed by atoms with van der Waals surface area (Å²) in [5, 5.41) is 6.21. The molecule has 1 unspecified atom stereocenters. The third-order valence-corrected chi connectivity index (χ3v) is 3.77. The first-order chi connectivity index (χ1) is 9.29. The number of hydrogen-bond donors (Lipinski definition) is 2. The maximum absolute atomic E-state index is 12.2. The van der Waals surface area contributed by atoms with Crippen molar-refractivity contribution in [1.29, 1.82) is 0 Å². The van der Waals surface area contributed by atoms with E-state index in [1.165, 1.54) is 0 Å². The highest BCUT2D eigenvalue weighted by Crippen LogP contribution is 2.28. The molecule has 0 heterocycles. The predicted molar refractivity (Wildman–Crippen MR) is 86.3 cm³/mol. The lowest BCUT2D eigenvalue weighted by atomic mass is 10.0. The Bertz CT molecular complexity index is 475. The molecule has 1 aromatic rings. The molecule has 0 aliphatic heterocycles. The van der Waals surface area contributed by atoms with Gasteiger partial charge in [-0.05, 0) is 45.4 Å². The number of ether oxygens (including phenoxy) is 1. The number of rotatable bonds is 6. The number of carbonyl (C=O) groups excluding carboxylic acids is 1. The molecule has 0 spiro atoms. The van der Waals surface area contributed by atoms with Gasteiger partial charge in [-0.3, -0.25) is 4.79 Å². The van der Waals surface area contributed by atoms with Gasteiger partial charge in [-0.25, -0.2) is 0 Å². The van der Waals surface area contributed by atoms with Crippen molar-refractivity contribution in [3.63, 3.8) is 0 Å². The van der Waals surface area contributed by atoms with Crippen molar-refractivity contribution in [3.05, 3.63) is 22.7 Å². The highest BCUT2D eigenvalue weighted by molar-refractivity contribution is 9.10. The fourth-order valence-corrected chi connectivity index (χ4v) is 1.98. The van der Waals surface area contributed by atoms with E-state index in [4.69, 9.17) is 4.74 Å². The molecule has 0 saturated heterocycles. The van der Waals surface area contributed by atoms with Gasteiger partial charge in [0, 0.05) is 10.0 Å². The second kappa shape index (κ2) is 6.97. The number of benzene rings is 1. The number of anilines is 1. The fraction of sp³-hybridized carbons (Fsp3) is 0.533. The molecule has 1 atom stereocenters. The van der Waals surface area contributed by atoms with Crippen LogP contribution in [-0.4, -0.2) is 24.6 Å². The Labute approximate surface area is 129 Å². The maximum Gasteiger partial charge on any atom is 0.242 e. The van der Waals surface area contributed by atoms with Crippen molar-refractivity contribution in [3.8, 4) is 5.75 Å². The molecule has 0 radical (unpaired) electrons. The third-order valence-electron chi connectivity index (χ3n) is 3.27. The zero-order valence-corrected chi connectivity index (χ0v) is 14.3. The van der Waals surface area contributed by atoms with E-state index < -0.39 is 0 Å². The highest BCUT2D eigenvalue weighted by atomic mass is 79.9. The van der Waals surface area contributed by atoms with E-state index in [2.05, 4.69) is 33.5 Å². The topological polar surface area (TPSA) is 50.4 Å². The smallest absolute Gasteiger partial charge is 0.242 e. The average molecular weight is 343 g/mol. The molecule has 2 N–H and O–H groups in total. The highest BCUT2D eigenvalue weighted by Gasteiger charge is 2.22. The normalized spacial score (nSPS) is 12.7. The molecule has 0 bridgehead atoms.